The van der Waals surface area contributed by atoms with Crippen molar-refractivity contribution in [3.8, 4) is 0 Å². The standard InChI is InChI=1S/C15H17N3O/c1-18(15(19)14-5-7-17-8-6-14)11-13-4-2-3-12(9-13)10-16/h2-9H,10-11,16H2,1H3. The molecule has 0 unspecified atom stereocenters. The van der Waals surface area contributed by atoms with Gasteiger partial charge in [0.15, 0.2) is 0 Å². The highest BCUT2D eigenvalue weighted by molar-refractivity contribution is 5.93. The number of hydrogen-bond donors (Lipinski definition) is 1. The van der Waals surface area contributed by atoms with Gasteiger partial charge in [0.25, 0.3) is 5.91 Å². The highest BCUT2D eigenvalue weighted by atomic mass is 16.2. The molecule has 0 fully saturated rings. The van der Waals surface area contributed by atoms with Crippen LogP contribution in [0.4, 0.5) is 0 Å². The van der Waals surface area contributed by atoms with Crippen molar-refractivity contribution in [3.05, 3.63) is 65.5 Å². The Morgan fingerprint density at radius 1 is 1.21 bits per heavy atom. The van der Waals surface area contributed by atoms with Crippen LogP contribution in [0.15, 0.2) is 48.8 Å². The Morgan fingerprint density at radius 2 is 1.89 bits per heavy atom. The first-order valence-electron chi connectivity index (χ1n) is 6.14. The average molecular weight is 255 g/mol. The lowest BCUT2D eigenvalue weighted by Crippen LogP contribution is -2.26. The molecule has 0 bridgehead atoms. The van der Waals surface area contributed by atoms with E-state index in [9.17, 15) is 4.79 Å². The minimum absolute atomic E-state index is 0.0134. The Kier molecular flexibility index (Phi) is 4.26. The normalized spacial score (nSPS) is 10.2. The van der Waals surface area contributed by atoms with Gasteiger partial charge in [-0.3, -0.25) is 9.78 Å². The summed E-state index contributed by atoms with van der Waals surface area (Å²) in [7, 11) is 1.79. The molecule has 0 atom stereocenters. The van der Waals surface area contributed by atoms with Crippen molar-refractivity contribution in [1.29, 1.82) is 0 Å². The van der Waals surface area contributed by atoms with Crippen molar-refractivity contribution in [2.45, 2.75) is 13.1 Å². The van der Waals surface area contributed by atoms with Gasteiger partial charge >= 0.3 is 0 Å². The molecule has 0 saturated heterocycles. The Balaban J connectivity index is 2.08. The zero-order valence-corrected chi connectivity index (χ0v) is 10.9. The van der Waals surface area contributed by atoms with Crippen molar-refractivity contribution in [3.63, 3.8) is 0 Å². The predicted molar refractivity (Wildman–Crippen MR) is 74.4 cm³/mol. The van der Waals surface area contributed by atoms with E-state index < -0.39 is 0 Å². The predicted octanol–water partition coefficient (Wildman–Crippen LogP) is 1.81. The Morgan fingerprint density at radius 3 is 2.58 bits per heavy atom. The van der Waals surface area contributed by atoms with Gasteiger partial charge in [-0.1, -0.05) is 24.3 Å². The molecular formula is C15H17N3O. The molecule has 0 aliphatic heterocycles. The van der Waals surface area contributed by atoms with Crippen molar-refractivity contribution < 1.29 is 4.79 Å². The fraction of sp³-hybridized carbons (Fsp3) is 0.200. The highest BCUT2D eigenvalue weighted by Gasteiger charge is 2.11. The molecule has 0 radical (unpaired) electrons. The largest absolute Gasteiger partial charge is 0.337 e. The Bertz CT molecular complexity index is 554. The van der Waals surface area contributed by atoms with Crippen LogP contribution in [0.25, 0.3) is 0 Å². The molecule has 1 amide bonds. The minimum Gasteiger partial charge on any atom is -0.337 e. The molecule has 2 rings (SSSR count). The maximum atomic E-state index is 12.2. The molecule has 0 spiro atoms. The van der Waals surface area contributed by atoms with E-state index in [0.29, 0.717) is 18.7 Å². The smallest absolute Gasteiger partial charge is 0.254 e. The first kappa shape index (κ1) is 13.2. The Labute approximate surface area is 112 Å². The van der Waals surface area contributed by atoms with E-state index >= 15 is 0 Å². The molecule has 2 N–H and O–H groups in total. The third-order valence-corrected chi connectivity index (χ3v) is 2.92. The molecule has 1 aromatic carbocycles. The number of carbonyl (C=O) groups excluding carboxylic acids is 1. The van der Waals surface area contributed by atoms with E-state index in [1.807, 2.05) is 24.3 Å². The molecule has 1 heterocycles. The van der Waals surface area contributed by atoms with E-state index in [2.05, 4.69) is 4.98 Å². The maximum absolute atomic E-state index is 12.2. The second-order valence-electron chi connectivity index (χ2n) is 4.42. The molecule has 0 saturated carbocycles. The fourth-order valence-corrected chi connectivity index (χ4v) is 1.92. The van der Waals surface area contributed by atoms with E-state index in [1.54, 1.807) is 36.5 Å². The topological polar surface area (TPSA) is 59.2 Å². The summed E-state index contributed by atoms with van der Waals surface area (Å²) >= 11 is 0. The summed E-state index contributed by atoms with van der Waals surface area (Å²) in [6, 6.07) is 11.4. The minimum atomic E-state index is -0.0134. The molecular weight excluding hydrogens is 238 g/mol. The summed E-state index contributed by atoms with van der Waals surface area (Å²) in [4.78, 5) is 17.8. The lowest BCUT2D eigenvalue weighted by Gasteiger charge is -2.17. The van der Waals surface area contributed by atoms with Crippen LogP contribution in [-0.2, 0) is 13.1 Å². The average Bonchev–Trinajstić information content (AvgIpc) is 2.47. The van der Waals surface area contributed by atoms with Crippen LogP contribution >= 0.6 is 0 Å². The fourth-order valence-electron chi connectivity index (χ4n) is 1.92. The highest BCUT2D eigenvalue weighted by Crippen LogP contribution is 2.09. The lowest BCUT2D eigenvalue weighted by atomic mass is 10.1. The number of carbonyl (C=O) groups is 1. The molecule has 4 heteroatoms. The summed E-state index contributed by atoms with van der Waals surface area (Å²) < 4.78 is 0. The van der Waals surface area contributed by atoms with Crippen LogP contribution in [0.5, 0.6) is 0 Å². The summed E-state index contributed by atoms with van der Waals surface area (Å²) in [6.45, 7) is 1.07. The van der Waals surface area contributed by atoms with Gasteiger partial charge in [-0.25, -0.2) is 0 Å². The quantitative estimate of drug-likeness (QED) is 0.906. The number of aromatic nitrogens is 1. The maximum Gasteiger partial charge on any atom is 0.254 e. The van der Waals surface area contributed by atoms with Gasteiger partial charge in [-0.05, 0) is 23.3 Å². The van der Waals surface area contributed by atoms with Crippen LogP contribution in [0.3, 0.4) is 0 Å². The number of hydrogen-bond acceptors (Lipinski definition) is 3. The SMILES string of the molecule is CN(Cc1cccc(CN)c1)C(=O)c1ccncc1. The van der Waals surface area contributed by atoms with Gasteiger partial charge in [0.05, 0.1) is 0 Å². The number of rotatable bonds is 4. The molecule has 0 aliphatic rings. The van der Waals surface area contributed by atoms with Gasteiger partial charge in [-0.2, -0.15) is 0 Å². The van der Waals surface area contributed by atoms with Gasteiger partial charge in [0, 0.05) is 38.1 Å². The van der Waals surface area contributed by atoms with Crippen LogP contribution in [0.1, 0.15) is 21.5 Å². The van der Waals surface area contributed by atoms with Crippen molar-refractivity contribution in [1.82, 2.24) is 9.88 Å². The molecule has 2 aromatic rings. The lowest BCUT2D eigenvalue weighted by molar-refractivity contribution is 0.0785. The van der Waals surface area contributed by atoms with E-state index in [1.165, 1.54) is 0 Å². The second kappa shape index (κ2) is 6.11. The molecule has 0 aliphatic carbocycles. The Hall–Kier alpha value is -2.20. The van der Waals surface area contributed by atoms with Gasteiger partial charge in [0.1, 0.15) is 0 Å². The molecule has 19 heavy (non-hydrogen) atoms. The number of amides is 1. The summed E-state index contributed by atoms with van der Waals surface area (Å²) in [5.41, 5.74) is 8.41. The van der Waals surface area contributed by atoms with Gasteiger partial charge < -0.3 is 10.6 Å². The number of nitrogens with two attached hydrogens (primary N) is 1. The second-order valence-corrected chi connectivity index (χ2v) is 4.42. The third-order valence-electron chi connectivity index (χ3n) is 2.92. The summed E-state index contributed by atoms with van der Waals surface area (Å²) in [5, 5.41) is 0. The first-order chi connectivity index (χ1) is 9.20. The van der Waals surface area contributed by atoms with Gasteiger partial charge in [0.2, 0.25) is 0 Å². The molecule has 98 valence electrons. The van der Waals surface area contributed by atoms with Crippen LogP contribution in [0.2, 0.25) is 0 Å². The van der Waals surface area contributed by atoms with Crippen molar-refractivity contribution >= 4 is 5.91 Å². The molecule has 4 nitrogen and oxygen atoms in total. The van der Waals surface area contributed by atoms with Crippen LogP contribution in [0, 0.1) is 0 Å². The van der Waals surface area contributed by atoms with Gasteiger partial charge in [-0.15, -0.1) is 0 Å². The third kappa shape index (κ3) is 3.39. The monoisotopic (exact) mass is 255 g/mol. The summed E-state index contributed by atoms with van der Waals surface area (Å²) in [5.74, 6) is -0.0134. The first-order valence-corrected chi connectivity index (χ1v) is 6.14. The van der Waals surface area contributed by atoms with E-state index in [0.717, 1.165) is 11.1 Å². The summed E-state index contributed by atoms with van der Waals surface area (Å²) in [6.07, 6.45) is 3.24. The van der Waals surface area contributed by atoms with E-state index in [-0.39, 0.29) is 5.91 Å². The van der Waals surface area contributed by atoms with Crippen molar-refractivity contribution in [2.24, 2.45) is 5.73 Å². The number of nitrogens with zero attached hydrogens (tertiary/aromatic N) is 2. The zero-order valence-electron chi connectivity index (χ0n) is 10.9. The zero-order chi connectivity index (χ0) is 13.7. The van der Waals surface area contributed by atoms with Crippen LogP contribution in [-0.4, -0.2) is 22.8 Å². The van der Waals surface area contributed by atoms with Crippen LogP contribution < -0.4 is 5.73 Å². The number of pyridine rings is 1. The number of benzene rings is 1. The molecule has 1 aromatic heterocycles. The van der Waals surface area contributed by atoms with E-state index in [4.69, 9.17) is 5.73 Å². The van der Waals surface area contributed by atoms with Crippen molar-refractivity contribution in [2.75, 3.05) is 7.05 Å².